The normalized spacial score (nSPS) is 18.0. The lowest BCUT2D eigenvalue weighted by Crippen LogP contribution is -2.49. The van der Waals surface area contributed by atoms with Gasteiger partial charge in [-0.2, -0.15) is 0 Å². The summed E-state index contributed by atoms with van der Waals surface area (Å²) in [5.74, 6) is 0.117. The van der Waals surface area contributed by atoms with Gasteiger partial charge in [0.25, 0.3) is 0 Å². The highest BCUT2D eigenvalue weighted by Crippen LogP contribution is 2.22. The van der Waals surface area contributed by atoms with E-state index < -0.39 is 0 Å². The zero-order valence-electron chi connectivity index (χ0n) is 13.2. The molecular weight excluding hydrogens is 334 g/mol. The molecule has 2 heterocycles. The van der Waals surface area contributed by atoms with Crippen LogP contribution >= 0.6 is 22.9 Å². The summed E-state index contributed by atoms with van der Waals surface area (Å²) in [6, 6.07) is 2.02. The zero-order chi connectivity index (χ0) is 16.7. The molecule has 1 aromatic heterocycles. The Balaban J connectivity index is 1.83. The Kier molecular flexibility index (Phi) is 7.33. The van der Waals surface area contributed by atoms with E-state index in [-0.39, 0.29) is 17.9 Å². The van der Waals surface area contributed by atoms with E-state index in [0.29, 0.717) is 25.9 Å². The Bertz CT molecular complexity index is 535. The van der Waals surface area contributed by atoms with Crippen LogP contribution in [0.3, 0.4) is 0 Å². The van der Waals surface area contributed by atoms with Crippen molar-refractivity contribution >= 4 is 34.8 Å². The van der Waals surface area contributed by atoms with Gasteiger partial charge in [0, 0.05) is 48.8 Å². The predicted octanol–water partition coefficient (Wildman–Crippen LogP) is 2.18. The number of piperidine rings is 1. The molecular formula is C16H24ClN3O2S. The summed E-state index contributed by atoms with van der Waals surface area (Å²) in [6.45, 7) is 1.65. The molecule has 128 valence electrons. The van der Waals surface area contributed by atoms with Crippen molar-refractivity contribution in [3.05, 3.63) is 21.3 Å². The van der Waals surface area contributed by atoms with Crippen molar-refractivity contribution in [2.75, 3.05) is 19.6 Å². The second kappa shape index (κ2) is 9.25. The molecule has 2 amide bonds. The number of likely N-dealkylation sites (tertiary alicyclic amines) is 1. The topological polar surface area (TPSA) is 75.4 Å². The maximum Gasteiger partial charge on any atom is 0.223 e. The van der Waals surface area contributed by atoms with Gasteiger partial charge >= 0.3 is 0 Å². The predicted molar refractivity (Wildman–Crippen MR) is 93.7 cm³/mol. The molecule has 1 unspecified atom stereocenters. The third-order valence-corrected chi connectivity index (χ3v) is 5.40. The van der Waals surface area contributed by atoms with E-state index in [1.807, 2.05) is 16.3 Å². The number of rotatable bonds is 7. The van der Waals surface area contributed by atoms with Crippen molar-refractivity contribution in [2.45, 2.75) is 44.6 Å². The van der Waals surface area contributed by atoms with Gasteiger partial charge in [-0.3, -0.25) is 9.59 Å². The van der Waals surface area contributed by atoms with E-state index >= 15 is 0 Å². The number of aryl methyl sites for hydroxylation is 1. The van der Waals surface area contributed by atoms with Crippen LogP contribution in [0.15, 0.2) is 11.4 Å². The first-order valence-electron chi connectivity index (χ1n) is 8.09. The van der Waals surface area contributed by atoms with E-state index in [9.17, 15) is 9.59 Å². The number of hydrogen-bond acceptors (Lipinski definition) is 4. The van der Waals surface area contributed by atoms with Crippen molar-refractivity contribution in [1.82, 2.24) is 10.2 Å². The highest BCUT2D eigenvalue weighted by atomic mass is 35.5. The molecule has 1 aliphatic rings. The highest BCUT2D eigenvalue weighted by molar-refractivity contribution is 7.10. The molecule has 0 radical (unpaired) electrons. The Morgan fingerprint density at radius 3 is 2.91 bits per heavy atom. The molecule has 7 heteroatoms. The summed E-state index contributed by atoms with van der Waals surface area (Å²) in [6.07, 6.45) is 4.62. The monoisotopic (exact) mass is 357 g/mol. The summed E-state index contributed by atoms with van der Waals surface area (Å²) in [7, 11) is 0. The smallest absolute Gasteiger partial charge is 0.223 e. The number of nitrogens with one attached hydrogen (secondary N) is 1. The fourth-order valence-corrected chi connectivity index (χ4v) is 3.93. The van der Waals surface area contributed by atoms with Crippen LogP contribution in [0.4, 0.5) is 0 Å². The first-order chi connectivity index (χ1) is 11.1. The molecule has 0 bridgehead atoms. The molecule has 0 aliphatic carbocycles. The number of hydrogen-bond donors (Lipinski definition) is 2. The molecule has 0 aromatic carbocycles. The summed E-state index contributed by atoms with van der Waals surface area (Å²) in [5.41, 5.74) is 5.38. The van der Waals surface area contributed by atoms with Crippen LogP contribution < -0.4 is 11.1 Å². The minimum atomic E-state index is -0.0429. The van der Waals surface area contributed by atoms with Crippen molar-refractivity contribution in [3.8, 4) is 0 Å². The van der Waals surface area contributed by atoms with Gasteiger partial charge in [0.2, 0.25) is 11.8 Å². The van der Waals surface area contributed by atoms with Crippen molar-refractivity contribution in [1.29, 1.82) is 0 Å². The average molecular weight is 358 g/mol. The lowest BCUT2D eigenvalue weighted by molar-refractivity contribution is -0.135. The first kappa shape index (κ1) is 18.2. The van der Waals surface area contributed by atoms with Crippen LogP contribution in [0.5, 0.6) is 0 Å². The minimum Gasteiger partial charge on any atom is -0.354 e. The molecule has 3 N–H and O–H groups in total. The van der Waals surface area contributed by atoms with Crippen molar-refractivity contribution < 1.29 is 9.59 Å². The van der Waals surface area contributed by atoms with Crippen molar-refractivity contribution in [2.24, 2.45) is 5.73 Å². The van der Waals surface area contributed by atoms with Gasteiger partial charge in [-0.1, -0.05) is 11.6 Å². The fraction of sp³-hybridized carbons (Fsp3) is 0.625. The second-order valence-electron chi connectivity index (χ2n) is 5.81. The van der Waals surface area contributed by atoms with Crippen LogP contribution in [0.1, 0.15) is 37.0 Å². The molecule has 0 spiro atoms. The van der Waals surface area contributed by atoms with Crippen molar-refractivity contribution in [3.63, 3.8) is 0 Å². The standard InChI is InChI=1S/C16H24ClN3O2S/c17-12-9-14(23-11-12)4-5-16(22)20-8-2-1-3-13(20)10-19-15(21)6-7-18/h9,11,13H,1-8,10,18H2,(H,19,21). The molecule has 1 saturated heterocycles. The number of halogens is 1. The molecule has 1 aromatic rings. The van der Waals surface area contributed by atoms with Gasteiger partial charge in [-0.25, -0.2) is 0 Å². The Morgan fingerprint density at radius 1 is 1.39 bits per heavy atom. The lowest BCUT2D eigenvalue weighted by Gasteiger charge is -2.36. The summed E-state index contributed by atoms with van der Waals surface area (Å²) in [5, 5.41) is 5.51. The van der Waals surface area contributed by atoms with E-state index in [0.717, 1.165) is 42.1 Å². The largest absolute Gasteiger partial charge is 0.354 e. The summed E-state index contributed by atoms with van der Waals surface area (Å²) < 4.78 is 0. The third-order valence-electron chi connectivity index (χ3n) is 4.06. The summed E-state index contributed by atoms with van der Waals surface area (Å²) >= 11 is 7.50. The highest BCUT2D eigenvalue weighted by Gasteiger charge is 2.26. The Hall–Kier alpha value is -1.11. The molecule has 1 fully saturated rings. The maximum atomic E-state index is 12.5. The number of carbonyl (C=O) groups excluding carboxylic acids is 2. The van der Waals surface area contributed by atoms with Crippen LogP contribution in [0, 0.1) is 0 Å². The number of nitrogens with two attached hydrogens (primary N) is 1. The molecule has 2 rings (SSSR count). The van der Waals surface area contributed by atoms with Gasteiger partial charge in [0.15, 0.2) is 0 Å². The zero-order valence-corrected chi connectivity index (χ0v) is 14.8. The molecule has 1 atom stereocenters. The van der Waals surface area contributed by atoms with Gasteiger partial charge in [0.05, 0.1) is 5.02 Å². The van der Waals surface area contributed by atoms with Crippen LogP contribution in [0.2, 0.25) is 5.02 Å². The molecule has 1 aliphatic heterocycles. The Labute approximate surface area is 146 Å². The maximum absolute atomic E-state index is 12.5. The summed E-state index contributed by atoms with van der Waals surface area (Å²) in [4.78, 5) is 27.2. The van der Waals surface area contributed by atoms with E-state index in [1.54, 1.807) is 11.3 Å². The number of carbonyl (C=O) groups is 2. The fourth-order valence-electron chi connectivity index (χ4n) is 2.85. The van der Waals surface area contributed by atoms with Gasteiger partial charge < -0.3 is 16.0 Å². The molecule has 5 nitrogen and oxygen atoms in total. The quantitative estimate of drug-likeness (QED) is 0.785. The SMILES string of the molecule is NCCC(=O)NCC1CCCCN1C(=O)CCc1cc(Cl)cs1. The first-order valence-corrected chi connectivity index (χ1v) is 9.35. The average Bonchev–Trinajstić information content (AvgIpc) is 2.97. The van der Waals surface area contributed by atoms with Crippen LogP contribution in [-0.4, -0.2) is 42.4 Å². The van der Waals surface area contributed by atoms with Crippen LogP contribution in [-0.2, 0) is 16.0 Å². The third kappa shape index (κ3) is 5.79. The minimum absolute atomic E-state index is 0.0429. The number of amides is 2. The van der Waals surface area contributed by atoms with E-state index in [4.69, 9.17) is 17.3 Å². The van der Waals surface area contributed by atoms with Gasteiger partial charge in [-0.05, 0) is 31.7 Å². The number of thiophene rings is 1. The van der Waals surface area contributed by atoms with E-state index in [1.165, 1.54) is 0 Å². The lowest BCUT2D eigenvalue weighted by atomic mass is 10.0. The van der Waals surface area contributed by atoms with Crippen LogP contribution in [0.25, 0.3) is 0 Å². The van der Waals surface area contributed by atoms with Gasteiger partial charge in [0.1, 0.15) is 0 Å². The van der Waals surface area contributed by atoms with E-state index in [2.05, 4.69) is 5.32 Å². The Morgan fingerprint density at radius 2 is 2.22 bits per heavy atom. The molecule has 23 heavy (non-hydrogen) atoms. The molecule has 0 saturated carbocycles. The van der Waals surface area contributed by atoms with Gasteiger partial charge in [-0.15, -0.1) is 11.3 Å². The second-order valence-corrected chi connectivity index (χ2v) is 7.24. The number of nitrogens with zero attached hydrogens (tertiary/aromatic N) is 1.